The molecular weight excluding hydrogens is 392 g/mol. The first-order chi connectivity index (χ1) is 15.2. The van der Waals surface area contributed by atoms with E-state index in [1.807, 2.05) is 12.1 Å². The lowest BCUT2D eigenvalue weighted by atomic mass is 10.1. The molecule has 3 aromatic heterocycles. The van der Waals surface area contributed by atoms with Gasteiger partial charge in [0.2, 0.25) is 0 Å². The van der Waals surface area contributed by atoms with Crippen molar-refractivity contribution < 1.29 is 0 Å². The van der Waals surface area contributed by atoms with E-state index in [0.717, 1.165) is 63.5 Å². The number of fused-ring (bicyclic) bond motifs is 1. The molecule has 0 N–H and O–H groups in total. The van der Waals surface area contributed by atoms with Crippen LogP contribution in [0.4, 0.5) is 5.82 Å². The molecule has 5 rings (SSSR count). The summed E-state index contributed by atoms with van der Waals surface area (Å²) in [6.07, 6.45) is 6.65. The Kier molecular flexibility index (Phi) is 5.22. The van der Waals surface area contributed by atoms with Crippen molar-refractivity contribution in [3.63, 3.8) is 0 Å². The molecule has 1 saturated heterocycles. The van der Waals surface area contributed by atoms with Crippen LogP contribution >= 0.6 is 0 Å². The Morgan fingerprint density at radius 1 is 1.10 bits per heavy atom. The van der Waals surface area contributed by atoms with Crippen LogP contribution in [0.1, 0.15) is 23.2 Å². The summed E-state index contributed by atoms with van der Waals surface area (Å²) >= 11 is 0. The van der Waals surface area contributed by atoms with Crippen LogP contribution in [0.5, 0.6) is 0 Å². The van der Waals surface area contributed by atoms with E-state index in [9.17, 15) is 10.1 Å². The van der Waals surface area contributed by atoms with E-state index < -0.39 is 0 Å². The van der Waals surface area contributed by atoms with Crippen molar-refractivity contribution in [2.24, 2.45) is 0 Å². The summed E-state index contributed by atoms with van der Waals surface area (Å²) in [5, 5.41) is 18.2. The first-order valence-corrected chi connectivity index (χ1v) is 10.7. The van der Waals surface area contributed by atoms with Gasteiger partial charge in [-0.05, 0) is 43.0 Å². The Morgan fingerprint density at radius 2 is 1.97 bits per heavy atom. The average Bonchev–Trinajstić information content (AvgIpc) is 3.50. The van der Waals surface area contributed by atoms with E-state index in [1.54, 1.807) is 23.1 Å². The summed E-state index contributed by atoms with van der Waals surface area (Å²) in [5.41, 5.74) is 2.95. The first kappa shape index (κ1) is 19.5. The second-order valence-corrected chi connectivity index (χ2v) is 7.96. The van der Waals surface area contributed by atoms with E-state index in [1.165, 1.54) is 16.3 Å². The van der Waals surface area contributed by atoms with E-state index in [0.29, 0.717) is 17.9 Å². The lowest BCUT2D eigenvalue weighted by Gasteiger charge is -2.35. The largest absolute Gasteiger partial charge is 0.353 e. The molecule has 1 aliphatic carbocycles. The SMILES string of the molecule is N#Cc1cc2c(nc1N1CCN(CCn3nc(-n4cccn4)ccc3=O)CC1)CCC2. The maximum atomic E-state index is 12.2. The number of hydrogen-bond donors (Lipinski definition) is 0. The molecule has 31 heavy (non-hydrogen) atoms. The van der Waals surface area contributed by atoms with Crippen LogP contribution in [-0.2, 0) is 19.4 Å². The highest BCUT2D eigenvalue weighted by molar-refractivity contribution is 5.57. The normalized spacial score (nSPS) is 16.3. The van der Waals surface area contributed by atoms with Crippen LogP contribution in [-0.4, -0.2) is 62.2 Å². The average molecular weight is 416 g/mol. The van der Waals surface area contributed by atoms with Crippen LogP contribution in [0, 0.1) is 11.3 Å². The van der Waals surface area contributed by atoms with E-state index in [-0.39, 0.29) is 5.56 Å². The number of pyridine rings is 1. The molecule has 1 fully saturated rings. The summed E-state index contributed by atoms with van der Waals surface area (Å²) in [4.78, 5) is 21.6. The van der Waals surface area contributed by atoms with Crippen molar-refractivity contribution in [1.29, 1.82) is 5.26 Å². The Labute approximate surface area is 180 Å². The van der Waals surface area contributed by atoms with Crippen molar-refractivity contribution in [3.8, 4) is 11.9 Å². The summed E-state index contributed by atoms with van der Waals surface area (Å²) in [6, 6.07) is 9.40. The molecule has 3 aromatic rings. The molecule has 0 saturated carbocycles. The van der Waals surface area contributed by atoms with Crippen LogP contribution in [0.2, 0.25) is 0 Å². The molecule has 0 unspecified atom stereocenters. The van der Waals surface area contributed by atoms with Gasteiger partial charge < -0.3 is 4.90 Å². The molecule has 158 valence electrons. The number of nitrogens with zero attached hydrogens (tertiary/aromatic N) is 8. The van der Waals surface area contributed by atoms with Crippen molar-refractivity contribution in [1.82, 2.24) is 29.4 Å². The van der Waals surface area contributed by atoms with Crippen molar-refractivity contribution in [2.75, 3.05) is 37.6 Å². The molecule has 0 bridgehead atoms. The highest BCUT2D eigenvalue weighted by atomic mass is 16.1. The van der Waals surface area contributed by atoms with Gasteiger partial charge in [0, 0.05) is 56.9 Å². The topological polar surface area (TPSA) is 95.9 Å². The number of hydrogen-bond acceptors (Lipinski definition) is 7. The van der Waals surface area contributed by atoms with E-state index in [2.05, 4.69) is 26.1 Å². The van der Waals surface area contributed by atoms with Gasteiger partial charge >= 0.3 is 0 Å². The monoisotopic (exact) mass is 416 g/mol. The van der Waals surface area contributed by atoms with Gasteiger partial charge in [-0.2, -0.15) is 10.4 Å². The minimum atomic E-state index is -0.115. The van der Waals surface area contributed by atoms with Crippen molar-refractivity contribution >= 4 is 5.82 Å². The number of piperazine rings is 1. The number of nitriles is 1. The van der Waals surface area contributed by atoms with Gasteiger partial charge in [0.25, 0.3) is 5.56 Å². The minimum absolute atomic E-state index is 0.115. The third-order valence-electron chi connectivity index (χ3n) is 6.04. The molecular formula is C22H24N8O. The molecule has 0 spiro atoms. The van der Waals surface area contributed by atoms with Gasteiger partial charge in [0.15, 0.2) is 5.82 Å². The second-order valence-electron chi connectivity index (χ2n) is 7.96. The second kappa shape index (κ2) is 8.32. The zero-order chi connectivity index (χ0) is 21.2. The maximum Gasteiger partial charge on any atom is 0.266 e. The fourth-order valence-corrected chi connectivity index (χ4v) is 4.33. The van der Waals surface area contributed by atoms with Crippen molar-refractivity contribution in [3.05, 3.63) is 63.8 Å². The van der Waals surface area contributed by atoms with E-state index >= 15 is 0 Å². The highest BCUT2D eigenvalue weighted by Crippen LogP contribution is 2.27. The Hall–Kier alpha value is -3.51. The predicted octanol–water partition coefficient (Wildman–Crippen LogP) is 1.01. The van der Waals surface area contributed by atoms with E-state index in [4.69, 9.17) is 4.98 Å². The molecule has 9 heteroatoms. The molecule has 0 radical (unpaired) electrons. The van der Waals surface area contributed by atoms with Gasteiger partial charge in [-0.3, -0.25) is 9.69 Å². The molecule has 0 aromatic carbocycles. The van der Waals surface area contributed by atoms with Gasteiger partial charge in [-0.1, -0.05) is 0 Å². The third-order valence-corrected chi connectivity index (χ3v) is 6.04. The summed E-state index contributed by atoms with van der Waals surface area (Å²) in [5.74, 6) is 1.45. The molecule has 2 aliphatic rings. The summed E-state index contributed by atoms with van der Waals surface area (Å²) < 4.78 is 3.14. The quantitative estimate of drug-likeness (QED) is 0.612. The van der Waals surface area contributed by atoms with Crippen LogP contribution in [0.25, 0.3) is 5.82 Å². The Balaban J connectivity index is 1.22. The van der Waals surface area contributed by atoms with Crippen LogP contribution < -0.4 is 10.5 Å². The fourth-order valence-electron chi connectivity index (χ4n) is 4.33. The predicted molar refractivity (Wildman–Crippen MR) is 115 cm³/mol. The zero-order valence-corrected chi connectivity index (χ0v) is 17.3. The molecule has 9 nitrogen and oxygen atoms in total. The van der Waals surface area contributed by atoms with Gasteiger partial charge in [0.1, 0.15) is 11.9 Å². The smallest absolute Gasteiger partial charge is 0.266 e. The lowest BCUT2D eigenvalue weighted by Crippen LogP contribution is -2.48. The maximum absolute atomic E-state index is 12.2. The third kappa shape index (κ3) is 3.94. The Bertz CT molecular complexity index is 1170. The molecule has 0 atom stereocenters. The van der Waals surface area contributed by atoms with Crippen molar-refractivity contribution in [2.45, 2.75) is 25.8 Å². The number of rotatable bonds is 5. The molecule has 0 amide bonds. The van der Waals surface area contributed by atoms with Gasteiger partial charge in [0.05, 0.1) is 12.1 Å². The first-order valence-electron chi connectivity index (χ1n) is 10.7. The summed E-state index contributed by atoms with van der Waals surface area (Å²) in [7, 11) is 0. The fraction of sp³-hybridized carbons (Fsp3) is 0.409. The zero-order valence-electron chi connectivity index (χ0n) is 17.3. The lowest BCUT2D eigenvalue weighted by molar-refractivity contribution is 0.242. The van der Waals surface area contributed by atoms with Gasteiger partial charge in [-0.15, -0.1) is 5.10 Å². The minimum Gasteiger partial charge on any atom is -0.353 e. The highest BCUT2D eigenvalue weighted by Gasteiger charge is 2.23. The van der Waals surface area contributed by atoms with Crippen LogP contribution in [0.15, 0.2) is 41.5 Å². The van der Waals surface area contributed by atoms with Gasteiger partial charge in [-0.25, -0.2) is 14.3 Å². The Morgan fingerprint density at radius 3 is 2.74 bits per heavy atom. The number of aromatic nitrogens is 5. The number of aryl methyl sites for hydroxylation is 2. The van der Waals surface area contributed by atoms with Crippen LogP contribution in [0.3, 0.4) is 0 Å². The number of anilines is 1. The standard InChI is InChI=1S/C22H24N8O/c23-16-18-15-17-3-1-4-19(17)25-22(18)28-12-9-27(10-13-28)11-14-30-21(31)6-5-20(26-30)29-8-2-7-24-29/h2,5-8,15H,1,3-4,9-14H2. The summed E-state index contributed by atoms with van der Waals surface area (Å²) in [6.45, 7) is 4.61. The molecule has 4 heterocycles. The molecule has 1 aliphatic heterocycles.